The maximum Gasteiger partial charge on any atom is 0.416 e. The molecule has 24 heavy (non-hydrogen) atoms. The van der Waals surface area contributed by atoms with Crippen molar-refractivity contribution in [2.45, 2.75) is 32.5 Å². The zero-order chi connectivity index (χ0) is 17.5. The second-order valence-electron chi connectivity index (χ2n) is 7.20. The van der Waals surface area contributed by atoms with E-state index in [9.17, 15) is 13.2 Å². The second-order valence-corrected chi connectivity index (χ2v) is 7.20. The number of piperazine rings is 1. The summed E-state index contributed by atoms with van der Waals surface area (Å²) >= 11 is 0. The molecule has 2 aromatic rings. The lowest BCUT2D eigenvalue weighted by atomic mass is 10.0. The molecule has 0 spiro atoms. The number of nitrogens with zero attached hydrogens (tertiary/aromatic N) is 3. The molecule has 6 heteroatoms. The van der Waals surface area contributed by atoms with Gasteiger partial charge in [0.25, 0.3) is 0 Å². The van der Waals surface area contributed by atoms with Crippen LogP contribution in [0.2, 0.25) is 0 Å². The van der Waals surface area contributed by atoms with Gasteiger partial charge in [-0.25, -0.2) is 0 Å². The van der Waals surface area contributed by atoms with Crippen LogP contribution in [0.4, 0.5) is 18.9 Å². The highest BCUT2D eigenvalue weighted by Gasteiger charge is 2.31. The first-order valence-corrected chi connectivity index (χ1v) is 8.12. The Kier molecular flexibility index (Phi) is 4.20. The topological polar surface area (TPSA) is 19.4 Å². The molecule has 1 fully saturated rings. The summed E-state index contributed by atoms with van der Waals surface area (Å²) in [6, 6.07) is 5.70. The minimum Gasteiger partial charge on any atom is -0.368 e. The first-order valence-electron chi connectivity index (χ1n) is 8.12. The zero-order valence-electron chi connectivity index (χ0n) is 14.2. The summed E-state index contributed by atoms with van der Waals surface area (Å²) in [5.74, 6) is 0. The SMILES string of the molecule is CC(C)(C)N1CCN(c2ccnc3cc(C(F)(F)F)ccc23)CC1. The number of fused-ring (bicyclic) bond motifs is 1. The van der Waals surface area contributed by atoms with Crippen LogP contribution in [-0.4, -0.2) is 41.6 Å². The predicted octanol–water partition coefficient (Wildman–Crippen LogP) is 4.17. The maximum absolute atomic E-state index is 12.9. The number of benzene rings is 1. The molecule has 0 saturated carbocycles. The van der Waals surface area contributed by atoms with E-state index < -0.39 is 11.7 Å². The zero-order valence-corrected chi connectivity index (χ0v) is 14.2. The minimum atomic E-state index is -4.34. The van der Waals surface area contributed by atoms with Gasteiger partial charge in [0.15, 0.2) is 0 Å². The Hall–Kier alpha value is -1.82. The third-order valence-corrected chi connectivity index (χ3v) is 4.62. The molecule has 130 valence electrons. The summed E-state index contributed by atoms with van der Waals surface area (Å²) in [6.45, 7) is 10.2. The molecule has 0 bridgehead atoms. The average Bonchev–Trinajstić information content (AvgIpc) is 2.52. The van der Waals surface area contributed by atoms with Crippen LogP contribution in [0.3, 0.4) is 0 Å². The van der Waals surface area contributed by atoms with E-state index in [4.69, 9.17) is 0 Å². The molecule has 0 N–H and O–H groups in total. The lowest BCUT2D eigenvalue weighted by molar-refractivity contribution is -0.137. The Morgan fingerprint density at radius 2 is 1.62 bits per heavy atom. The summed E-state index contributed by atoms with van der Waals surface area (Å²) in [6.07, 6.45) is -2.75. The van der Waals surface area contributed by atoms with Crippen molar-refractivity contribution < 1.29 is 13.2 Å². The first kappa shape index (κ1) is 17.0. The standard InChI is InChI=1S/C18H22F3N3/c1-17(2,3)24-10-8-23(9-11-24)16-6-7-22-15-12-13(18(19,20)21)4-5-14(15)16/h4-7,12H,8-11H2,1-3H3. The largest absolute Gasteiger partial charge is 0.416 e. The molecule has 1 saturated heterocycles. The van der Waals surface area contributed by atoms with E-state index in [-0.39, 0.29) is 5.54 Å². The third kappa shape index (κ3) is 3.34. The second kappa shape index (κ2) is 5.92. The Bertz CT molecular complexity index is 726. The summed E-state index contributed by atoms with van der Waals surface area (Å²) < 4.78 is 38.6. The Morgan fingerprint density at radius 1 is 0.958 bits per heavy atom. The van der Waals surface area contributed by atoms with E-state index in [1.54, 1.807) is 6.20 Å². The highest BCUT2D eigenvalue weighted by Crippen LogP contribution is 2.34. The van der Waals surface area contributed by atoms with Crippen molar-refractivity contribution in [3.05, 3.63) is 36.0 Å². The Labute approximate surface area is 140 Å². The van der Waals surface area contributed by atoms with Gasteiger partial charge in [-0.1, -0.05) is 6.07 Å². The van der Waals surface area contributed by atoms with Crippen molar-refractivity contribution in [2.75, 3.05) is 31.1 Å². The van der Waals surface area contributed by atoms with Crippen LogP contribution in [0.5, 0.6) is 0 Å². The van der Waals surface area contributed by atoms with Crippen LogP contribution in [-0.2, 0) is 6.18 Å². The van der Waals surface area contributed by atoms with Gasteiger partial charge in [-0.05, 0) is 39.0 Å². The summed E-state index contributed by atoms with van der Waals surface area (Å²) in [7, 11) is 0. The molecule has 1 aromatic heterocycles. The molecule has 0 aliphatic carbocycles. The van der Waals surface area contributed by atoms with Crippen LogP contribution in [0.15, 0.2) is 30.5 Å². The van der Waals surface area contributed by atoms with Crippen LogP contribution < -0.4 is 4.90 Å². The number of aromatic nitrogens is 1. The van der Waals surface area contributed by atoms with Gasteiger partial charge in [-0.3, -0.25) is 9.88 Å². The molecule has 3 rings (SSSR count). The van der Waals surface area contributed by atoms with Crippen molar-refractivity contribution in [2.24, 2.45) is 0 Å². The lowest BCUT2D eigenvalue weighted by Gasteiger charge is -2.43. The van der Waals surface area contributed by atoms with Crippen molar-refractivity contribution >= 4 is 16.6 Å². The van der Waals surface area contributed by atoms with E-state index in [0.29, 0.717) is 5.52 Å². The highest BCUT2D eigenvalue weighted by molar-refractivity contribution is 5.92. The van der Waals surface area contributed by atoms with Crippen molar-refractivity contribution in [3.8, 4) is 0 Å². The molecule has 0 amide bonds. The van der Waals surface area contributed by atoms with Crippen molar-refractivity contribution in [1.82, 2.24) is 9.88 Å². The van der Waals surface area contributed by atoms with Gasteiger partial charge in [0.05, 0.1) is 11.1 Å². The van der Waals surface area contributed by atoms with Crippen molar-refractivity contribution in [1.29, 1.82) is 0 Å². The summed E-state index contributed by atoms with van der Waals surface area (Å²) in [4.78, 5) is 8.79. The Balaban J connectivity index is 1.88. The number of hydrogen-bond acceptors (Lipinski definition) is 3. The molecule has 0 atom stereocenters. The van der Waals surface area contributed by atoms with Crippen molar-refractivity contribution in [3.63, 3.8) is 0 Å². The quantitative estimate of drug-likeness (QED) is 0.778. The molecular weight excluding hydrogens is 315 g/mol. The number of halogens is 3. The molecule has 0 unspecified atom stereocenters. The van der Waals surface area contributed by atoms with E-state index in [0.717, 1.165) is 49.4 Å². The molecule has 1 aliphatic rings. The van der Waals surface area contributed by atoms with Gasteiger partial charge in [-0.15, -0.1) is 0 Å². The fourth-order valence-electron chi connectivity index (χ4n) is 3.20. The number of alkyl halides is 3. The van der Waals surface area contributed by atoms with Gasteiger partial charge >= 0.3 is 6.18 Å². The number of anilines is 1. The van der Waals surface area contributed by atoms with E-state index in [1.165, 1.54) is 6.07 Å². The Morgan fingerprint density at radius 3 is 2.21 bits per heavy atom. The normalized spacial score (nSPS) is 17.5. The first-order chi connectivity index (χ1) is 11.2. The van der Waals surface area contributed by atoms with Gasteiger partial charge in [0, 0.05) is 49.0 Å². The maximum atomic E-state index is 12.9. The van der Waals surface area contributed by atoms with Gasteiger partial charge in [0.1, 0.15) is 0 Å². The van der Waals surface area contributed by atoms with Crippen LogP contribution in [0.25, 0.3) is 10.9 Å². The molecule has 2 heterocycles. The van der Waals surface area contributed by atoms with Gasteiger partial charge in [0.2, 0.25) is 0 Å². The molecule has 3 nitrogen and oxygen atoms in total. The van der Waals surface area contributed by atoms with Gasteiger partial charge < -0.3 is 4.90 Å². The van der Waals surface area contributed by atoms with Gasteiger partial charge in [-0.2, -0.15) is 13.2 Å². The number of rotatable bonds is 1. The van der Waals surface area contributed by atoms with Crippen LogP contribution in [0, 0.1) is 0 Å². The average molecular weight is 337 g/mol. The fraction of sp³-hybridized carbons (Fsp3) is 0.500. The number of pyridine rings is 1. The molecular formula is C18H22F3N3. The lowest BCUT2D eigenvalue weighted by Crippen LogP contribution is -2.53. The van der Waals surface area contributed by atoms with E-state index in [2.05, 4.69) is 35.6 Å². The highest BCUT2D eigenvalue weighted by atomic mass is 19.4. The monoisotopic (exact) mass is 337 g/mol. The van der Waals surface area contributed by atoms with Crippen LogP contribution >= 0.6 is 0 Å². The fourth-order valence-corrected chi connectivity index (χ4v) is 3.20. The van der Waals surface area contributed by atoms with Crippen LogP contribution in [0.1, 0.15) is 26.3 Å². The third-order valence-electron chi connectivity index (χ3n) is 4.62. The van der Waals surface area contributed by atoms with E-state index in [1.807, 2.05) is 6.07 Å². The minimum absolute atomic E-state index is 0.133. The predicted molar refractivity (Wildman–Crippen MR) is 90.3 cm³/mol. The molecule has 1 aromatic carbocycles. The summed E-state index contributed by atoms with van der Waals surface area (Å²) in [5, 5.41) is 0.773. The number of hydrogen-bond donors (Lipinski definition) is 0. The molecule has 0 radical (unpaired) electrons. The summed E-state index contributed by atoms with van der Waals surface area (Å²) in [5.41, 5.74) is 0.827. The smallest absolute Gasteiger partial charge is 0.368 e. The van der Waals surface area contributed by atoms with E-state index >= 15 is 0 Å². The molecule has 1 aliphatic heterocycles.